The van der Waals surface area contributed by atoms with Crippen LogP contribution in [0, 0.1) is 6.92 Å². The Balaban J connectivity index is 1.34. The smallest absolute Gasteiger partial charge is 0.260 e. The van der Waals surface area contributed by atoms with Gasteiger partial charge in [0.25, 0.3) is 11.8 Å². The van der Waals surface area contributed by atoms with E-state index in [2.05, 4.69) is 5.32 Å². The summed E-state index contributed by atoms with van der Waals surface area (Å²) in [6.45, 7) is 3.21. The molecule has 0 unspecified atom stereocenters. The van der Waals surface area contributed by atoms with Gasteiger partial charge in [-0.15, -0.1) is 0 Å². The van der Waals surface area contributed by atoms with Crippen LogP contribution < -0.4 is 10.1 Å². The zero-order valence-electron chi connectivity index (χ0n) is 17.1. The number of carbonyl (C=O) groups is 2. The van der Waals surface area contributed by atoms with E-state index in [1.807, 2.05) is 24.0 Å². The number of ether oxygens (including phenoxy) is 1. The van der Waals surface area contributed by atoms with E-state index in [9.17, 15) is 9.59 Å². The fourth-order valence-corrected chi connectivity index (χ4v) is 3.87. The number of amides is 2. The van der Waals surface area contributed by atoms with Crippen LogP contribution in [0.3, 0.4) is 0 Å². The van der Waals surface area contributed by atoms with Crippen molar-refractivity contribution in [2.24, 2.45) is 0 Å². The molecule has 7 heteroatoms. The summed E-state index contributed by atoms with van der Waals surface area (Å²) in [5, 5.41) is 3.69. The number of carbonyl (C=O) groups excluding carboxylic acids is 2. The summed E-state index contributed by atoms with van der Waals surface area (Å²) in [5.74, 6) is 0.728. The Morgan fingerprint density at radius 3 is 2.47 bits per heavy atom. The quantitative estimate of drug-likeness (QED) is 0.762. The molecule has 0 bridgehead atoms. The number of benzene rings is 1. The van der Waals surface area contributed by atoms with Gasteiger partial charge in [0.1, 0.15) is 5.75 Å². The lowest BCUT2D eigenvalue weighted by Crippen LogP contribution is -2.41. The minimum Gasteiger partial charge on any atom is -0.484 e. The van der Waals surface area contributed by atoms with Crippen molar-refractivity contribution in [1.82, 2.24) is 15.2 Å². The molecule has 2 amide bonds. The summed E-state index contributed by atoms with van der Waals surface area (Å²) in [4.78, 5) is 31.7. The number of nitrogens with one attached hydrogen (secondary N) is 1. The average Bonchev–Trinajstić information content (AvgIpc) is 3.57. The molecule has 2 aromatic rings. The van der Waals surface area contributed by atoms with Crippen LogP contribution in [0.5, 0.6) is 5.75 Å². The first-order valence-corrected chi connectivity index (χ1v) is 10.8. The van der Waals surface area contributed by atoms with Gasteiger partial charge in [-0.05, 0) is 69.0 Å². The highest BCUT2D eigenvalue weighted by atomic mass is 35.5. The molecule has 4 rings (SSSR count). The van der Waals surface area contributed by atoms with Crippen LogP contribution in [0.4, 0.5) is 0 Å². The summed E-state index contributed by atoms with van der Waals surface area (Å²) in [7, 11) is 0. The van der Waals surface area contributed by atoms with Crippen LogP contribution in [-0.2, 0) is 4.79 Å². The van der Waals surface area contributed by atoms with Gasteiger partial charge in [0, 0.05) is 35.8 Å². The molecule has 1 saturated heterocycles. The zero-order valence-corrected chi connectivity index (χ0v) is 17.8. The van der Waals surface area contributed by atoms with Crippen LogP contribution in [0.15, 0.2) is 36.4 Å². The number of likely N-dealkylation sites (tertiary alicyclic amines) is 1. The summed E-state index contributed by atoms with van der Waals surface area (Å²) in [5.41, 5.74) is 2.43. The Morgan fingerprint density at radius 1 is 1.10 bits per heavy atom. The molecule has 2 heterocycles. The van der Waals surface area contributed by atoms with Gasteiger partial charge in [-0.2, -0.15) is 0 Å². The van der Waals surface area contributed by atoms with Crippen molar-refractivity contribution in [1.29, 1.82) is 0 Å². The number of hydrogen-bond acceptors (Lipinski definition) is 4. The van der Waals surface area contributed by atoms with E-state index in [-0.39, 0.29) is 24.3 Å². The molecule has 1 N–H and O–H groups in total. The second-order valence-corrected chi connectivity index (χ2v) is 8.47. The lowest BCUT2D eigenvalue weighted by Gasteiger charge is -2.32. The number of pyridine rings is 1. The second-order valence-electron chi connectivity index (χ2n) is 8.03. The predicted molar refractivity (Wildman–Crippen MR) is 115 cm³/mol. The molecule has 1 aromatic carbocycles. The minimum atomic E-state index is -0.0349. The zero-order chi connectivity index (χ0) is 21.1. The van der Waals surface area contributed by atoms with Crippen molar-refractivity contribution in [2.75, 3.05) is 19.7 Å². The third kappa shape index (κ3) is 5.11. The van der Waals surface area contributed by atoms with Crippen LogP contribution in [0.25, 0.3) is 0 Å². The molecule has 6 nitrogen and oxygen atoms in total. The van der Waals surface area contributed by atoms with Gasteiger partial charge in [-0.25, -0.2) is 0 Å². The fraction of sp³-hybridized carbons (Fsp3) is 0.435. The SMILES string of the molecule is Cc1ccc(C(=O)NC2CC2)c(C2CCN(C(=O)COc3ccc(Cl)cc3)CC2)n1. The molecular formula is C23H26ClN3O3. The number of aryl methyl sites for hydroxylation is 1. The molecule has 1 aliphatic heterocycles. The van der Waals surface area contributed by atoms with E-state index in [0.717, 1.165) is 37.1 Å². The van der Waals surface area contributed by atoms with Crippen LogP contribution in [-0.4, -0.2) is 47.4 Å². The average molecular weight is 428 g/mol. The first-order valence-electron chi connectivity index (χ1n) is 10.4. The van der Waals surface area contributed by atoms with E-state index < -0.39 is 0 Å². The van der Waals surface area contributed by atoms with Gasteiger partial charge in [-0.1, -0.05) is 11.6 Å². The van der Waals surface area contributed by atoms with E-state index in [1.165, 1.54) is 0 Å². The maximum absolute atomic E-state index is 12.6. The third-order valence-electron chi connectivity index (χ3n) is 5.63. The van der Waals surface area contributed by atoms with Gasteiger partial charge < -0.3 is 15.0 Å². The molecule has 0 atom stereocenters. The number of hydrogen-bond donors (Lipinski definition) is 1. The molecule has 158 valence electrons. The van der Waals surface area contributed by atoms with Crippen LogP contribution in [0.2, 0.25) is 5.02 Å². The Labute approximate surface area is 181 Å². The second kappa shape index (κ2) is 9.04. The normalized spacial score (nSPS) is 16.9. The predicted octanol–water partition coefficient (Wildman–Crippen LogP) is 3.72. The van der Waals surface area contributed by atoms with Crippen molar-refractivity contribution < 1.29 is 14.3 Å². The maximum Gasteiger partial charge on any atom is 0.260 e. The van der Waals surface area contributed by atoms with E-state index >= 15 is 0 Å². The lowest BCUT2D eigenvalue weighted by molar-refractivity contribution is -0.134. The third-order valence-corrected chi connectivity index (χ3v) is 5.88. The Hall–Kier alpha value is -2.60. The number of halogens is 1. The molecule has 0 radical (unpaired) electrons. The highest BCUT2D eigenvalue weighted by molar-refractivity contribution is 6.30. The largest absolute Gasteiger partial charge is 0.484 e. The number of piperidine rings is 1. The molecule has 1 aromatic heterocycles. The molecule has 2 aliphatic rings. The monoisotopic (exact) mass is 427 g/mol. The van der Waals surface area contributed by atoms with Gasteiger partial charge in [-0.3, -0.25) is 14.6 Å². The van der Waals surface area contributed by atoms with Gasteiger partial charge in [0.2, 0.25) is 0 Å². The van der Waals surface area contributed by atoms with Gasteiger partial charge >= 0.3 is 0 Å². The fourth-order valence-electron chi connectivity index (χ4n) is 3.74. The molecule has 30 heavy (non-hydrogen) atoms. The minimum absolute atomic E-state index is 0.00401. The van der Waals surface area contributed by atoms with Crippen molar-refractivity contribution in [2.45, 2.75) is 44.6 Å². The van der Waals surface area contributed by atoms with Gasteiger partial charge in [0.15, 0.2) is 6.61 Å². The highest BCUT2D eigenvalue weighted by Gasteiger charge is 2.30. The molecule has 2 fully saturated rings. The van der Waals surface area contributed by atoms with Crippen LogP contribution in [0.1, 0.15) is 53.3 Å². The first kappa shape index (κ1) is 20.7. The number of rotatable bonds is 6. The van der Waals surface area contributed by atoms with E-state index in [1.54, 1.807) is 24.3 Å². The summed E-state index contributed by atoms with van der Waals surface area (Å²) >= 11 is 5.87. The van der Waals surface area contributed by atoms with Crippen molar-refractivity contribution >= 4 is 23.4 Å². The van der Waals surface area contributed by atoms with Crippen molar-refractivity contribution in [3.8, 4) is 5.75 Å². The Bertz CT molecular complexity index is 920. The summed E-state index contributed by atoms with van der Waals surface area (Å²) < 4.78 is 5.58. The van der Waals surface area contributed by atoms with Gasteiger partial charge in [0.05, 0.1) is 11.3 Å². The van der Waals surface area contributed by atoms with Crippen molar-refractivity contribution in [3.63, 3.8) is 0 Å². The summed E-state index contributed by atoms with van der Waals surface area (Å²) in [6, 6.07) is 11.0. The van der Waals surface area contributed by atoms with E-state index in [4.69, 9.17) is 21.3 Å². The maximum atomic E-state index is 12.6. The standard InChI is InChI=1S/C23H26ClN3O3/c1-15-2-9-20(23(29)26-18-5-6-18)22(25-15)16-10-12-27(13-11-16)21(28)14-30-19-7-3-17(24)4-8-19/h2-4,7-9,16,18H,5-6,10-14H2,1H3,(H,26,29). The van der Waals surface area contributed by atoms with Crippen LogP contribution >= 0.6 is 11.6 Å². The van der Waals surface area contributed by atoms with E-state index in [0.29, 0.717) is 35.5 Å². The van der Waals surface area contributed by atoms with Crippen molar-refractivity contribution in [3.05, 3.63) is 58.4 Å². The molecule has 1 aliphatic carbocycles. The molecular weight excluding hydrogens is 402 g/mol. The Kier molecular flexibility index (Phi) is 6.23. The number of aromatic nitrogens is 1. The summed E-state index contributed by atoms with van der Waals surface area (Å²) in [6.07, 6.45) is 3.68. The lowest BCUT2D eigenvalue weighted by atomic mass is 9.89. The molecule has 0 spiro atoms. The first-order chi connectivity index (χ1) is 14.5. The highest BCUT2D eigenvalue weighted by Crippen LogP contribution is 2.30. The topological polar surface area (TPSA) is 71.5 Å². The Morgan fingerprint density at radius 2 is 1.80 bits per heavy atom. The number of nitrogens with zero attached hydrogens (tertiary/aromatic N) is 2. The molecule has 1 saturated carbocycles.